The van der Waals surface area contributed by atoms with E-state index in [2.05, 4.69) is 20.4 Å². The van der Waals surface area contributed by atoms with Crippen LogP contribution in [0.4, 0.5) is 0 Å². The van der Waals surface area contributed by atoms with Crippen LogP contribution in [0.3, 0.4) is 0 Å². The Labute approximate surface area is 164 Å². The van der Waals surface area contributed by atoms with E-state index in [0.29, 0.717) is 5.57 Å². The highest BCUT2D eigenvalue weighted by atomic mass is 16.5. The van der Waals surface area contributed by atoms with Gasteiger partial charge in [-0.15, -0.1) is 0 Å². The van der Waals surface area contributed by atoms with Gasteiger partial charge in [-0.3, -0.25) is 0 Å². The lowest BCUT2D eigenvalue weighted by molar-refractivity contribution is -0.145. The molecule has 0 saturated carbocycles. The SMILES string of the molecule is C=C(C)C(=O)OC(CCCC)CCCCCCCCCCCCCCC. The first-order chi connectivity index (χ1) is 12.6. The summed E-state index contributed by atoms with van der Waals surface area (Å²) in [5.74, 6) is -0.221. The molecule has 26 heavy (non-hydrogen) atoms. The van der Waals surface area contributed by atoms with E-state index in [4.69, 9.17) is 4.74 Å². The number of esters is 1. The van der Waals surface area contributed by atoms with Crippen molar-refractivity contribution in [2.75, 3.05) is 0 Å². The molecular weight excluding hydrogens is 320 g/mol. The molecule has 0 fully saturated rings. The van der Waals surface area contributed by atoms with E-state index >= 15 is 0 Å². The number of rotatable bonds is 19. The standard InChI is InChI=1S/C24H46O2/c1-5-7-9-10-11-12-13-14-15-16-17-18-19-21-23(20-8-6-2)26-24(25)22(3)4/h23H,3,5-21H2,1-2,4H3. The average molecular weight is 367 g/mol. The van der Waals surface area contributed by atoms with Crippen molar-refractivity contribution in [3.63, 3.8) is 0 Å². The number of ether oxygens (including phenoxy) is 1. The van der Waals surface area contributed by atoms with Crippen molar-refractivity contribution in [1.82, 2.24) is 0 Å². The van der Waals surface area contributed by atoms with Gasteiger partial charge < -0.3 is 4.74 Å². The molecule has 0 aromatic carbocycles. The number of hydrogen-bond acceptors (Lipinski definition) is 2. The Bertz CT molecular complexity index is 335. The molecular formula is C24H46O2. The lowest BCUT2D eigenvalue weighted by Crippen LogP contribution is -2.18. The second-order valence-electron chi connectivity index (χ2n) is 7.98. The van der Waals surface area contributed by atoms with Gasteiger partial charge in [-0.1, -0.05) is 110 Å². The molecule has 0 amide bonds. The molecule has 0 saturated heterocycles. The van der Waals surface area contributed by atoms with Crippen molar-refractivity contribution in [3.8, 4) is 0 Å². The number of carbonyl (C=O) groups excluding carboxylic acids is 1. The third-order valence-corrected chi connectivity index (χ3v) is 5.13. The minimum atomic E-state index is -0.221. The fourth-order valence-corrected chi connectivity index (χ4v) is 3.34. The van der Waals surface area contributed by atoms with Gasteiger partial charge in [-0.25, -0.2) is 4.79 Å². The maximum atomic E-state index is 11.7. The minimum absolute atomic E-state index is 0.0897. The smallest absolute Gasteiger partial charge is 0.333 e. The Morgan fingerprint density at radius 1 is 0.692 bits per heavy atom. The number of unbranched alkanes of at least 4 members (excludes halogenated alkanes) is 13. The second-order valence-corrected chi connectivity index (χ2v) is 7.98. The Balaban J connectivity index is 3.54. The lowest BCUT2D eigenvalue weighted by atomic mass is 10.0. The summed E-state index contributed by atoms with van der Waals surface area (Å²) in [4.78, 5) is 11.7. The molecule has 0 bridgehead atoms. The van der Waals surface area contributed by atoms with Gasteiger partial charge in [0.05, 0.1) is 0 Å². The van der Waals surface area contributed by atoms with Gasteiger partial charge in [0.25, 0.3) is 0 Å². The van der Waals surface area contributed by atoms with Crippen LogP contribution < -0.4 is 0 Å². The van der Waals surface area contributed by atoms with Crippen LogP contribution in [0, 0.1) is 0 Å². The highest BCUT2D eigenvalue weighted by molar-refractivity contribution is 5.87. The molecule has 0 aliphatic carbocycles. The molecule has 2 nitrogen and oxygen atoms in total. The topological polar surface area (TPSA) is 26.3 Å². The van der Waals surface area contributed by atoms with Gasteiger partial charge in [0.1, 0.15) is 6.10 Å². The maximum absolute atomic E-state index is 11.7. The van der Waals surface area contributed by atoms with Crippen molar-refractivity contribution in [2.45, 2.75) is 136 Å². The molecule has 0 aliphatic heterocycles. The lowest BCUT2D eigenvalue weighted by Gasteiger charge is -2.17. The molecule has 154 valence electrons. The Morgan fingerprint density at radius 3 is 1.50 bits per heavy atom. The fraction of sp³-hybridized carbons (Fsp3) is 0.875. The van der Waals surface area contributed by atoms with Crippen LogP contribution >= 0.6 is 0 Å². The molecule has 0 N–H and O–H groups in total. The monoisotopic (exact) mass is 366 g/mol. The van der Waals surface area contributed by atoms with E-state index in [1.807, 2.05) is 0 Å². The third-order valence-electron chi connectivity index (χ3n) is 5.13. The molecule has 0 heterocycles. The summed E-state index contributed by atoms with van der Waals surface area (Å²) in [6.45, 7) is 9.87. The van der Waals surface area contributed by atoms with Crippen LogP contribution in [0.25, 0.3) is 0 Å². The van der Waals surface area contributed by atoms with Crippen molar-refractivity contribution in [1.29, 1.82) is 0 Å². The average Bonchev–Trinajstić information content (AvgIpc) is 2.63. The van der Waals surface area contributed by atoms with Crippen LogP contribution in [0.2, 0.25) is 0 Å². The number of carbonyl (C=O) groups is 1. The predicted molar refractivity (Wildman–Crippen MR) is 115 cm³/mol. The van der Waals surface area contributed by atoms with Gasteiger partial charge in [-0.05, 0) is 26.2 Å². The van der Waals surface area contributed by atoms with Crippen LogP contribution in [0.1, 0.15) is 130 Å². The van der Waals surface area contributed by atoms with E-state index in [9.17, 15) is 4.79 Å². The molecule has 0 aromatic heterocycles. The van der Waals surface area contributed by atoms with E-state index in [1.165, 1.54) is 83.5 Å². The molecule has 0 spiro atoms. The zero-order valence-corrected chi connectivity index (χ0v) is 18.1. The molecule has 0 rings (SSSR count). The van der Waals surface area contributed by atoms with Crippen LogP contribution in [0.5, 0.6) is 0 Å². The molecule has 0 aliphatic rings. The van der Waals surface area contributed by atoms with E-state index in [-0.39, 0.29) is 12.1 Å². The second kappa shape index (κ2) is 19.0. The maximum Gasteiger partial charge on any atom is 0.333 e. The van der Waals surface area contributed by atoms with Crippen LogP contribution in [-0.4, -0.2) is 12.1 Å². The Kier molecular flexibility index (Phi) is 18.4. The van der Waals surface area contributed by atoms with Gasteiger partial charge in [0.15, 0.2) is 0 Å². The van der Waals surface area contributed by atoms with Crippen molar-refractivity contribution < 1.29 is 9.53 Å². The van der Waals surface area contributed by atoms with Gasteiger partial charge in [0, 0.05) is 5.57 Å². The van der Waals surface area contributed by atoms with Crippen molar-refractivity contribution >= 4 is 5.97 Å². The zero-order chi connectivity index (χ0) is 19.5. The van der Waals surface area contributed by atoms with Gasteiger partial charge in [0.2, 0.25) is 0 Å². The largest absolute Gasteiger partial charge is 0.459 e. The first-order valence-electron chi connectivity index (χ1n) is 11.5. The summed E-state index contributed by atoms with van der Waals surface area (Å²) in [6.07, 6.45) is 22.2. The quantitative estimate of drug-likeness (QED) is 0.131. The van der Waals surface area contributed by atoms with Crippen molar-refractivity contribution in [3.05, 3.63) is 12.2 Å². The summed E-state index contributed by atoms with van der Waals surface area (Å²) in [5, 5.41) is 0. The predicted octanol–water partition coefficient (Wildman–Crippen LogP) is 8.15. The Hall–Kier alpha value is -0.790. The molecule has 2 heteroatoms. The summed E-state index contributed by atoms with van der Waals surface area (Å²) in [7, 11) is 0. The summed E-state index contributed by atoms with van der Waals surface area (Å²) >= 11 is 0. The summed E-state index contributed by atoms with van der Waals surface area (Å²) < 4.78 is 5.58. The highest BCUT2D eigenvalue weighted by Crippen LogP contribution is 2.17. The number of hydrogen-bond donors (Lipinski definition) is 0. The highest BCUT2D eigenvalue weighted by Gasteiger charge is 2.14. The minimum Gasteiger partial charge on any atom is -0.459 e. The zero-order valence-electron chi connectivity index (χ0n) is 18.1. The molecule has 1 atom stereocenters. The van der Waals surface area contributed by atoms with E-state index < -0.39 is 0 Å². The molecule has 0 aromatic rings. The van der Waals surface area contributed by atoms with Crippen LogP contribution in [-0.2, 0) is 9.53 Å². The summed E-state index contributed by atoms with van der Waals surface area (Å²) in [6, 6.07) is 0. The van der Waals surface area contributed by atoms with Crippen molar-refractivity contribution in [2.24, 2.45) is 0 Å². The van der Waals surface area contributed by atoms with Gasteiger partial charge >= 0.3 is 5.97 Å². The third kappa shape index (κ3) is 16.7. The van der Waals surface area contributed by atoms with Crippen LogP contribution in [0.15, 0.2) is 12.2 Å². The van der Waals surface area contributed by atoms with E-state index in [0.717, 1.165) is 25.7 Å². The summed E-state index contributed by atoms with van der Waals surface area (Å²) in [5.41, 5.74) is 0.511. The van der Waals surface area contributed by atoms with E-state index in [1.54, 1.807) is 6.92 Å². The molecule has 1 unspecified atom stereocenters. The Morgan fingerprint density at radius 2 is 1.08 bits per heavy atom. The molecule has 0 radical (unpaired) electrons. The normalized spacial score (nSPS) is 12.1. The van der Waals surface area contributed by atoms with Gasteiger partial charge in [-0.2, -0.15) is 0 Å². The first-order valence-corrected chi connectivity index (χ1v) is 11.5. The first kappa shape index (κ1) is 25.2. The fourth-order valence-electron chi connectivity index (χ4n) is 3.34.